The summed E-state index contributed by atoms with van der Waals surface area (Å²) in [6, 6.07) is 7.03. The van der Waals surface area contributed by atoms with Gasteiger partial charge in [-0.25, -0.2) is 17.8 Å². The predicted octanol–water partition coefficient (Wildman–Crippen LogP) is 2.91. The smallest absolute Gasteiger partial charge is 0.286 e. The van der Waals surface area contributed by atoms with Crippen LogP contribution in [0.15, 0.2) is 41.3 Å². The Labute approximate surface area is 164 Å². The number of sulfone groups is 1. The largest absolute Gasteiger partial charge is 0.368 e. The topological polar surface area (TPSA) is 124 Å². The lowest BCUT2D eigenvalue weighted by atomic mass is 10.2. The molecule has 0 aliphatic rings. The molecule has 0 unspecified atom stereocenters. The van der Waals surface area contributed by atoms with Crippen LogP contribution >= 0.6 is 0 Å². The number of alkyl halides is 2. The molecule has 0 fully saturated rings. The quantitative estimate of drug-likeness (QED) is 0.641. The highest BCUT2D eigenvalue weighted by molar-refractivity contribution is 7.90. The van der Waals surface area contributed by atoms with Crippen molar-refractivity contribution in [3.63, 3.8) is 0 Å². The molecule has 0 amide bonds. The minimum absolute atomic E-state index is 0.0252. The van der Waals surface area contributed by atoms with Gasteiger partial charge in [0.1, 0.15) is 17.2 Å². The van der Waals surface area contributed by atoms with Crippen LogP contribution in [0.3, 0.4) is 0 Å². The minimum atomic E-state index is -3.66. The zero-order valence-electron chi connectivity index (χ0n) is 15.2. The minimum Gasteiger partial charge on any atom is -0.368 e. The second kappa shape index (κ2) is 7.28. The first-order chi connectivity index (χ1) is 13.4. The molecule has 3 rings (SSSR count). The number of benzene rings is 1. The van der Waals surface area contributed by atoms with Gasteiger partial charge in [-0.1, -0.05) is 6.07 Å². The molecule has 152 valence electrons. The fourth-order valence-corrected chi connectivity index (χ4v) is 3.01. The van der Waals surface area contributed by atoms with Gasteiger partial charge in [0.25, 0.3) is 5.92 Å². The van der Waals surface area contributed by atoms with Gasteiger partial charge in [0.15, 0.2) is 15.7 Å². The third-order valence-corrected chi connectivity index (χ3v) is 4.73. The van der Waals surface area contributed by atoms with Crippen molar-refractivity contribution < 1.29 is 21.6 Å². The van der Waals surface area contributed by atoms with E-state index in [0.717, 1.165) is 24.5 Å². The van der Waals surface area contributed by atoms with Gasteiger partial charge in [0, 0.05) is 18.9 Å². The van der Waals surface area contributed by atoms with E-state index in [-0.39, 0.29) is 34.0 Å². The number of anilines is 3. The Morgan fingerprint density at radius 3 is 2.45 bits per heavy atom. The van der Waals surface area contributed by atoms with E-state index in [1.165, 1.54) is 18.2 Å². The van der Waals surface area contributed by atoms with E-state index in [4.69, 9.17) is 5.73 Å². The van der Waals surface area contributed by atoms with Crippen molar-refractivity contribution in [3.05, 3.63) is 47.9 Å². The molecule has 3 aromatic rings. The van der Waals surface area contributed by atoms with E-state index >= 15 is 0 Å². The van der Waals surface area contributed by atoms with Crippen LogP contribution in [0.4, 0.5) is 30.8 Å². The maximum atomic E-state index is 13.8. The highest BCUT2D eigenvalue weighted by atomic mass is 32.2. The van der Waals surface area contributed by atoms with E-state index in [1.807, 2.05) is 0 Å². The Balaban J connectivity index is 2.00. The maximum absolute atomic E-state index is 13.8. The zero-order chi connectivity index (χ0) is 21.4. The number of aromatic nitrogens is 4. The first-order valence-corrected chi connectivity index (χ1v) is 9.96. The number of hydrogen-bond acceptors (Lipinski definition) is 8. The van der Waals surface area contributed by atoms with E-state index in [1.54, 1.807) is 0 Å². The van der Waals surface area contributed by atoms with Crippen molar-refractivity contribution >= 4 is 27.4 Å². The summed E-state index contributed by atoms with van der Waals surface area (Å²) in [5.74, 6) is -4.44. The summed E-state index contributed by atoms with van der Waals surface area (Å²) in [7, 11) is -3.66. The molecule has 0 radical (unpaired) electrons. The maximum Gasteiger partial charge on any atom is 0.286 e. The fourth-order valence-electron chi connectivity index (χ4n) is 2.34. The molecule has 0 spiro atoms. The van der Waals surface area contributed by atoms with Gasteiger partial charge in [-0.05, 0) is 30.3 Å². The molecule has 2 heterocycles. The van der Waals surface area contributed by atoms with Crippen molar-refractivity contribution in [2.24, 2.45) is 0 Å². The highest BCUT2D eigenvalue weighted by Crippen LogP contribution is 2.27. The average molecular weight is 424 g/mol. The molecule has 3 N–H and O–H groups in total. The van der Waals surface area contributed by atoms with Gasteiger partial charge >= 0.3 is 0 Å². The van der Waals surface area contributed by atoms with Crippen LogP contribution < -0.4 is 11.1 Å². The fraction of sp³-hybridized carbons (Fsp3) is 0.176. The summed E-state index contributed by atoms with van der Waals surface area (Å²) in [5, 5.41) is 2.63. The molecule has 0 saturated carbocycles. The van der Waals surface area contributed by atoms with Crippen LogP contribution in [0.1, 0.15) is 12.6 Å². The lowest BCUT2D eigenvalue weighted by Gasteiger charge is -2.11. The summed E-state index contributed by atoms with van der Waals surface area (Å²) in [6.07, 6.45) is 0.937. The van der Waals surface area contributed by atoms with E-state index in [2.05, 4.69) is 25.3 Å². The Bertz CT molecular complexity index is 1180. The van der Waals surface area contributed by atoms with Crippen LogP contribution in [0, 0.1) is 5.82 Å². The number of hydrogen-bond donors (Lipinski definition) is 2. The van der Waals surface area contributed by atoms with Crippen LogP contribution in [0.25, 0.3) is 11.5 Å². The van der Waals surface area contributed by atoms with Crippen molar-refractivity contribution in [1.29, 1.82) is 0 Å². The lowest BCUT2D eigenvalue weighted by Crippen LogP contribution is -2.11. The van der Waals surface area contributed by atoms with Crippen LogP contribution in [0.2, 0.25) is 0 Å². The molecule has 0 aliphatic carbocycles. The van der Waals surface area contributed by atoms with Gasteiger partial charge < -0.3 is 11.1 Å². The Kier molecular flexibility index (Phi) is 5.13. The summed E-state index contributed by atoms with van der Waals surface area (Å²) in [6.45, 7) is 0.706. The Morgan fingerprint density at radius 1 is 1.07 bits per heavy atom. The van der Waals surface area contributed by atoms with E-state index in [9.17, 15) is 21.6 Å². The average Bonchev–Trinajstić information content (AvgIpc) is 2.59. The Hall–Kier alpha value is -3.28. The second-order valence-electron chi connectivity index (χ2n) is 6.21. The number of nitrogen functional groups attached to an aromatic ring is 1. The lowest BCUT2D eigenvalue weighted by molar-refractivity contribution is 0.0129. The molecule has 29 heavy (non-hydrogen) atoms. The summed E-state index contributed by atoms with van der Waals surface area (Å²) in [4.78, 5) is 15.4. The SMILES string of the molecule is CC(F)(F)c1cccc(-c2nc(N)nc(Nc3cc(F)cc(S(C)(=O)=O)c3)n2)n1. The molecule has 0 aliphatic heterocycles. The summed E-state index contributed by atoms with van der Waals surface area (Å²) >= 11 is 0. The number of rotatable bonds is 5. The van der Waals surface area contributed by atoms with Crippen LogP contribution in [-0.2, 0) is 15.8 Å². The molecule has 0 atom stereocenters. The normalized spacial score (nSPS) is 12.0. The number of halogens is 3. The van der Waals surface area contributed by atoms with Gasteiger partial charge in [-0.3, -0.25) is 0 Å². The number of pyridine rings is 1. The summed E-state index contributed by atoms with van der Waals surface area (Å²) < 4.78 is 64.2. The van der Waals surface area contributed by atoms with Crippen LogP contribution in [-0.4, -0.2) is 34.6 Å². The molecular formula is C17H15F3N6O2S. The zero-order valence-corrected chi connectivity index (χ0v) is 16.0. The molecule has 0 saturated heterocycles. The molecule has 0 bridgehead atoms. The third kappa shape index (κ3) is 4.96. The predicted molar refractivity (Wildman–Crippen MR) is 99.8 cm³/mol. The first kappa shape index (κ1) is 20.5. The number of nitrogens with zero attached hydrogens (tertiary/aromatic N) is 4. The number of nitrogens with two attached hydrogens (primary N) is 1. The summed E-state index contributed by atoms with van der Waals surface area (Å²) in [5.41, 5.74) is 5.25. The van der Waals surface area contributed by atoms with Crippen molar-refractivity contribution in [1.82, 2.24) is 19.9 Å². The highest BCUT2D eigenvalue weighted by Gasteiger charge is 2.26. The van der Waals surface area contributed by atoms with E-state index in [0.29, 0.717) is 6.92 Å². The molecule has 2 aromatic heterocycles. The second-order valence-corrected chi connectivity index (χ2v) is 8.23. The Morgan fingerprint density at radius 2 is 1.79 bits per heavy atom. The van der Waals surface area contributed by atoms with E-state index < -0.39 is 27.3 Å². The monoisotopic (exact) mass is 424 g/mol. The van der Waals surface area contributed by atoms with Crippen LogP contribution in [0.5, 0.6) is 0 Å². The van der Waals surface area contributed by atoms with Gasteiger partial charge in [-0.15, -0.1) is 0 Å². The van der Waals surface area contributed by atoms with Crippen molar-refractivity contribution in [3.8, 4) is 11.5 Å². The van der Waals surface area contributed by atoms with Gasteiger partial charge in [-0.2, -0.15) is 23.7 Å². The van der Waals surface area contributed by atoms with Crippen molar-refractivity contribution in [2.75, 3.05) is 17.3 Å². The van der Waals surface area contributed by atoms with Gasteiger partial charge in [0.2, 0.25) is 11.9 Å². The van der Waals surface area contributed by atoms with Gasteiger partial charge in [0.05, 0.1) is 4.90 Å². The molecule has 1 aromatic carbocycles. The van der Waals surface area contributed by atoms with Crippen molar-refractivity contribution in [2.45, 2.75) is 17.7 Å². The number of nitrogens with one attached hydrogen (secondary N) is 1. The molecular weight excluding hydrogens is 409 g/mol. The standard InChI is InChI=1S/C17H15F3N6O2S/c1-17(19,20)13-5-3-4-12(23-13)14-24-15(21)26-16(25-14)22-10-6-9(18)7-11(8-10)29(2,27)28/h3-8H,1-2H3,(H3,21,22,24,25,26). The molecule has 12 heteroatoms. The molecule has 8 nitrogen and oxygen atoms in total. The third-order valence-electron chi connectivity index (χ3n) is 3.64. The first-order valence-electron chi connectivity index (χ1n) is 8.07.